The van der Waals surface area contributed by atoms with Crippen molar-refractivity contribution in [2.24, 2.45) is 0 Å². The molecule has 1 aromatic rings. The quantitative estimate of drug-likeness (QED) is 0.707. The van der Waals surface area contributed by atoms with E-state index in [1.807, 2.05) is 0 Å². The Morgan fingerprint density at radius 1 is 1.36 bits per heavy atom. The van der Waals surface area contributed by atoms with Crippen LogP contribution in [0.2, 0.25) is 0 Å². The molecule has 0 saturated heterocycles. The number of benzene rings is 1. The highest BCUT2D eigenvalue weighted by Gasteiger charge is 2.05. The molecule has 0 fully saturated rings. The van der Waals surface area contributed by atoms with E-state index in [-0.39, 0.29) is 12.3 Å². The Kier molecular flexibility index (Phi) is 3.53. The predicted molar refractivity (Wildman–Crippen MR) is 47.3 cm³/mol. The van der Waals surface area contributed by atoms with Gasteiger partial charge < -0.3 is 0 Å². The van der Waals surface area contributed by atoms with Gasteiger partial charge in [-0.2, -0.15) is 0 Å². The fourth-order valence-electron chi connectivity index (χ4n) is 1.02. The van der Waals surface area contributed by atoms with Gasteiger partial charge >= 0.3 is 0 Å². The van der Waals surface area contributed by atoms with Crippen LogP contribution >= 0.6 is 0 Å². The zero-order chi connectivity index (χ0) is 10.6. The van der Waals surface area contributed by atoms with Crippen molar-refractivity contribution in [1.29, 1.82) is 0 Å². The molecule has 14 heavy (non-hydrogen) atoms. The third kappa shape index (κ3) is 2.77. The summed E-state index contributed by atoms with van der Waals surface area (Å²) in [6.07, 6.45) is 0.0119. The number of hydrogen-bond donors (Lipinski definition) is 2. The molecule has 0 aromatic heterocycles. The average Bonchev–Trinajstić information content (AvgIpc) is 2.12. The van der Waals surface area contributed by atoms with Crippen LogP contribution in [0, 0.1) is 11.6 Å². The number of carbonyl (C=O) groups excluding carboxylic acids is 1. The molecular formula is C9H10F2N2O. The molecule has 0 atom stereocenters. The van der Waals surface area contributed by atoms with Crippen LogP contribution in [-0.4, -0.2) is 13.0 Å². The van der Waals surface area contributed by atoms with Crippen LogP contribution in [0.4, 0.5) is 8.78 Å². The second-order valence-electron chi connectivity index (χ2n) is 2.72. The van der Waals surface area contributed by atoms with Crippen molar-refractivity contribution in [1.82, 2.24) is 10.9 Å². The minimum Gasteiger partial charge on any atom is -0.292 e. The second kappa shape index (κ2) is 4.66. The lowest BCUT2D eigenvalue weighted by molar-refractivity contribution is -0.121. The molecule has 76 valence electrons. The first kappa shape index (κ1) is 10.6. The third-order valence-electron chi connectivity index (χ3n) is 1.61. The third-order valence-corrected chi connectivity index (χ3v) is 1.61. The van der Waals surface area contributed by atoms with Crippen LogP contribution in [0.5, 0.6) is 0 Å². The molecule has 2 N–H and O–H groups in total. The van der Waals surface area contributed by atoms with E-state index < -0.39 is 11.6 Å². The smallest absolute Gasteiger partial charge is 0.238 e. The molecule has 0 aliphatic heterocycles. The molecule has 0 spiro atoms. The van der Waals surface area contributed by atoms with E-state index >= 15 is 0 Å². The van der Waals surface area contributed by atoms with Crippen molar-refractivity contribution in [2.45, 2.75) is 6.42 Å². The molecule has 1 aromatic carbocycles. The fourth-order valence-corrected chi connectivity index (χ4v) is 1.02. The second-order valence-corrected chi connectivity index (χ2v) is 2.72. The van der Waals surface area contributed by atoms with E-state index in [1.54, 1.807) is 7.05 Å². The van der Waals surface area contributed by atoms with E-state index in [0.29, 0.717) is 5.56 Å². The average molecular weight is 200 g/mol. The van der Waals surface area contributed by atoms with Crippen molar-refractivity contribution >= 4 is 5.91 Å². The summed E-state index contributed by atoms with van der Waals surface area (Å²) in [5.41, 5.74) is 5.20. The normalized spacial score (nSPS) is 9.93. The van der Waals surface area contributed by atoms with E-state index in [0.717, 1.165) is 12.1 Å². The number of hydrazine groups is 1. The number of rotatable bonds is 3. The van der Waals surface area contributed by atoms with Gasteiger partial charge in [-0.25, -0.2) is 14.2 Å². The van der Waals surface area contributed by atoms with Gasteiger partial charge in [0.05, 0.1) is 6.42 Å². The summed E-state index contributed by atoms with van der Waals surface area (Å²) in [4.78, 5) is 11.0. The molecule has 0 aliphatic carbocycles. The lowest BCUT2D eigenvalue weighted by atomic mass is 10.1. The molecule has 1 rings (SSSR count). The van der Waals surface area contributed by atoms with Gasteiger partial charge in [0.1, 0.15) is 0 Å². The SMILES string of the molecule is CNNC(=O)Cc1ccc(F)c(F)c1. The molecule has 1 amide bonds. The molecule has 0 unspecified atom stereocenters. The van der Waals surface area contributed by atoms with E-state index in [9.17, 15) is 13.6 Å². The molecule has 0 heterocycles. The summed E-state index contributed by atoms with van der Waals surface area (Å²) in [5.74, 6) is -2.17. The van der Waals surface area contributed by atoms with Crippen molar-refractivity contribution in [3.8, 4) is 0 Å². The zero-order valence-corrected chi connectivity index (χ0v) is 7.60. The monoisotopic (exact) mass is 200 g/mol. The minimum atomic E-state index is -0.945. The van der Waals surface area contributed by atoms with Gasteiger partial charge in [0.2, 0.25) is 5.91 Å². The minimum absolute atomic E-state index is 0.0119. The summed E-state index contributed by atoms with van der Waals surface area (Å²) in [6, 6.07) is 3.37. The molecule has 0 saturated carbocycles. The molecule has 0 radical (unpaired) electrons. The standard InChI is InChI=1S/C9H10F2N2O/c1-12-13-9(14)5-6-2-3-7(10)8(11)4-6/h2-4,12H,5H2,1H3,(H,13,14). The number of hydrogen-bond acceptors (Lipinski definition) is 2. The van der Waals surface area contributed by atoms with Crippen LogP contribution in [-0.2, 0) is 11.2 Å². The number of halogens is 2. The van der Waals surface area contributed by atoms with Crippen molar-refractivity contribution in [2.75, 3.05) is 7.05 Å². The molecular weight excluding hydrogens is 190 g/mol. The summed E-state index contributed by atoms with van der Waals surface area (Å²) >= 11 is 0. The highest BCUT2D eigenvalue weighted by molar-refractivity contribution is 5.77. The maximum absolute atomic E-state index is 12.7. The van der Waals surface area contributed by atoms with Crippen molar-refractivity contribution in [3.05, 3.63) is 35.4 Å². The zero-order valence-electron chi connectivity index (χ0n) is 7.60. The fraction of sp³-hybridized carbons (Fsp3) is 0.222. The predicted octanol–water partition coefficient (Wildman–Crippen LogP) is 0.758. The molecule has 3 nitrogen and oxygen atoms in total. The Morgan fingerprint density at radius 2 is 2.07 bits per heavy atom. The first-order valence-corrected chi connectivity index (χ1v) is 4.03. The first-order chi connectivity index (χ1) is 6.63. The summed E-state index contributed by atoms with van der Waals surface area (Å²) in [6.45, 7) is 0. The Morgan fingerprint density at radius 3 is 2.64 bits per heavy atom. The first-order valence-electron chi connectivity index (χ1n) is 4.03. The van der Waals surface area contributed by atoms with E-state index in [4.69, 9.17) is 0 Å². The summed E-state index contributed by atoms with van der Waals surface area (Å²) in [7, 11) is 1.54. The van der Waals surface area contributed by atoms with Gasteiger partial charge in [-0.3, -0.25) is 10.2 Å². The number of nitrogens with one attached hydrogen (secondary N) is 2. The number of carbonyl (C=O) groups is 1. The van der Waals surface area contributed by atoms with Crippen molar-refractivity contribution in [3.63, 3.8) is 0 Å². The van der Waals surface area contributed by atoms with Gasteiger partial charge in [-0.05, 0) is 17.7 Å². The Labute approximate surface area is 80.1 Å². The van der Waals surface area contributed by atoms with Gasteiger partial charge in [-0.1, -0.05) is 6.07 Å². The van der Waals surface area contributed by atoms with Gasteiger partial charge in [-0.15, -0.1) is 0 Å². The largest absolute Gasteiger partial charge is 0.292 e. The lowest BCUT2D eigenvalue weighted by Crippen LogP contribution is -2.35. The van der Waals surface area contributed by atoms with Crippen LogP contribution in [0.15, 0.2) is 18.2 Å². The van der Waals surface area contributed by atoms with Crippen LogP contribution in [0.1, 0.15) is 5.56 Å². The highest BCUT2D eigenvalue weighted by Crippen LogP contribution is 2.08. The van der Waals surface area contributed by atoms with Crippen LogP contribution in [0.25, 0.3) is 0 Å². The summed E-state index contributed by atoms with van der Waals surface area (Å²) in [5, 5.41) is 0. The molecule has 0 bridgehead atoms. The molecule has 0 aliphatic rings. The highest BCUT2D eigenvalue weighted by atomic mass is 19.2. The maximum atomic E-state index is 12.7. The van der Waals surface area contributed by atoms with Gasteiger partial charge in [0, 0.05) is 7.05 Å². The van der Waals surface area contributed by atoms with E-state index in [2.05, 4.69) is 10.9 Å². The topological polar surface area (TPSA) is 41.1 Å². The lowest BCUT2D eigenvalue weighted by Gasteiger charge is -2.03. The van der Waals surface area contributed by atoms with Crippen LogP contribution < -0.4 is 10.9 Å². The van der Waals surface area contributed by atoms with E-state index in [1.165, 1.54) is 6.07 Å². The molecule has 5 heteroatoms. The summed E-state index contributed by atoms with van der Waals surface area (Å²) < 4.78 is 25.2. The Balaban J connectivity index is 2.68. The Bertz CT molecular complexity index is 342. The van der Waals surface area contributed by atoms with Gasteiger partial charge in [0.15, 0.2) is 11.6 Å². The van der Waals surface area contributed by atoms with Crippen LogP contribution in [0.3, 0.4) is 0 Å². The van der Waals surface area contributed by atoms with Crippen molar-refractivity contribution < 1.29 is 13.6 Å². The number of amides is 1. The maximum Gasteiger partial charge on any atom is 0.238 e. The van der Waals surface area contributed by atoms with Gasteiger partial charge in [0.25, 0.3) is 0 Å². The Hall–Kier alpha value is -1.49.